The summed E-state index contributed by atoms with van der Waals surface area (Å²) in [5.74, 6) is 1.44. The van der Waals surface area contributed by atoms with Crippen LogP contribution in [0.25, 0.3) is 0 Å². The van der Waals surface area contributed by atoms with Gasteiger partial charge in [-0.25, -0.2) is 0 Å². The molecular formula is C32H47N3O3. The predicted octanol–water partition coefficient (Wildman–Crippen LogP) is 5.87. The molecule has 38 heavy (non-hydrogen) atoms. The third kappa shape index (κ3) is 7.51. The van der Waals surface area contributed by atoms with Gasteiger partial charge in [-0.05, 0) is 61.9 Å². The lowest BCUT2D eigenvalue weighted by Gasteiger charge is -2.42. The van der Waals surface area contributed by atoms with Crippen molar-refractivity contribution in [2.75, 3.05) is 49.6 Å². The van der Waals surface area contributed by atoms with Crippen molar-refractivity contribution in [2.24, 2.45) is 5.92 Å². The minimum Gasteiger partial charge on any atom is -0.495 e. The standard InChI is InChI=1S/C32H47N3O3/c1-26(2)23-31(36)35-20-12-6-4-5-11-19-33(24-27-13-7-8-14-28(27)35)25-32(37)17-21-34(22-18-32)29-15-9-10-16-30(29)38-3/h7-10,13-16,26,37H,4-6,11-12,17-25H2,1-3H3. The van der Waals surface area contributed by atoms with Crippen molar-refractivity contribution < 1.29 is 14.6 Å². The molecule has 2 aliphatic heterocycles. The number of hydrogen-bond donors (Lipinski definition) is 1. The van der Waals surface area contributed by atoms with E-state index in [9.17, 15) is 9.90 Å². The molecular weight excluding hydrogens is 474 g/mol. The van der Waals surface area contributed by atoms with Gasteiger partial charge in [0.2, 0.25) is 5.91 Å². The van der Waals surface area contributed by atoms with Crippen LogP contribution in [-0.2, 0) is 11.3 Å². The molecule has 0 unspecified atom stereocenters. The molecule has 0 atom stereocenters. The van der Waals surface area contributed by atoms with Crippen LogP contribution in [0.15, 0.2) is 48.5 Å². The van der Waals surface area contributed by atoms with Crippen LogP contribution in [0.3, 0.4) is 0 Å². The highest BCUT2D eigenvalue weighted by atomic mass is 16.5. The molecule has 208 valence electrons. The van der Waals surface area contributed by atoms with Crippen LogP contribution in [0, 0.1) is 5.92 Å². The van der Waals surface area contributed by atoms with Gasteiger partial charge >= 0.3 is 0 Å². The highest BCUT2D eigenvalue weighted by molar-refractivity contribution is 5.94. The van der Waals surface area contributed by atoms with Crippen LogP contribution in [0.5, 0.6) is 5.75 Å². The number of anilines is 2. The highest BCUT2D eigenvalue weighted by Gasteiger charge is 2.35. The first-order valence-corrected chi connectivity index (χ1v) is 14.6. The fourth-order valence-corrected chi connectivity index (χ4v) is 5.97. The normalized spacial score (nSPS) is 19.4. The van der Waals surface area contributed by atoms with Gasteiger partial charge in [-0.15, -0.1) is 0 Å². The van der Waals surface area contributed by atoms with Gasteiger partial charge in [0.1, 0.15) is 5.75 Å². The van der Waals surface area contributed by atoms with Crippen molar-refractivity contribution in [1.29, 1.82) is 0 Å². The van der Waals surface area contributed by atoms with Crippen molar-refractivity contribution in [3.8, 4) is 5.75 Å². The molecule has 6 heteroatoms. The Bertz CT molecular complexity index is 1030. The zero-order valence-corrected chi connectivity index (χ0v) is 23.7. The number of hydrogen-bond acceptors (Lipinski definition) is 5. The van der Waals surface area contributed by atoms with Crippen LogP contribution < -0.4 is 14.5 Å². The summed E-state index contributed by atoms with van der Waals surface area (Å²) in [6, 6.07) is 16.5. The zero-order chi connectivity index (χ0) is 27.0. The Morgan fingerprint density at radius 1 is 0.895 bits per heavy atom. The average Bonchev–Trinajstić information content (AvgIpc) is 2.90. The number of nitrogens with zero attached hydrogens (tertiary/aromatic N) is 3. The van der Waals surface area contributed by atoms with Crippen molar-refractivity contribution >= 4 is 17.3 Å². The molecule has 2 heterocycles. The van der Waals surface area contributed by atoms with E-state index in [4.69, 9.17) is 4.74 Å². The number of carbonyl (C=O) groups excluding carboxylic acids is 1. The highest BCUT2D eigenvalue weighted by Crippen LogP contribution is 2.34. The first-order chi connectivity index (χ1) is 18.4. The maximum absolute atomic E-state index is 13.3. The fourth-order valence-electron chi connectivity index (χ4n) is 5.97. The number of ether oxygens (including phenoxy) is 1. The number of para-hydroxylation sites is 3. The zero-order valence-electron chi connectivity index (χ0n) is 23.7. The van der Waals surface area contributed by atoms with Crippen molar-refractivity contribution in [2.45, 2.75) is 77.4 Å². The summed E-state index contributed by atoms with van der Waals surface area (Å²) in [6.07, 6.45) is 7.74. The number of rotatable bonds is 6. The largest absolute Gasteiger partial charge is 0.495 e. The monoisotopic (exact) mass is 521 g/mol. The number of aliphatic hydroxyl groups is 1. The summed E-state index contributed by atoms with van der Waals surface area (Å²) < 4.78 is 5.58. The Morgan fingerprint density at radius 3 is 2.24 bits per heavy atom. The number of benzene rings is 2. The van der Waals surface area contributed by atoms with E-state index < -0.39 is 5.60 Å². The van der Waals surface area contributed by atoms with Gasteiger partial charge < -0.3 is 19.6 Å². The summed E-state index contributed by atoms with van der Waals surface area (Å²) in [6.45, 7) is 8.99. The Kier molecular flexibility index (Phi) is 10.1. The van der Waals surface area contributed by atoms with Crippen LogP contribution in [0.4, 0.5) is 11.4 Å². The second-order valence-electron chi connectivity index (χ2n) is 11.6. The van der Waals surface area contributed by atoms with E-state index in [-0.39, 0.29) is 5.91 Å². The molecule has 1 amide bonds. The quantitative estimate of drug-likeness (QED) is 0.515. The van der Waals surface area contributed by atoms with E-state index in [2.05, 4.69) is 47.9 Å². The SMILES string of the molecule is COc1ccccc1N1CCC(O)(CN2CCCCCCCN(C(=O)CC(C)C)c3ccccc3C2)CC1. The van der Waals surface area contributed by atoms with Crippen LogP contribution in [0.1, 0.15) is 70.8 Å². The first-order valence-electron chi connectivity index (χ1n) is 14.6. The summed E-state index contributed by atoms with van der Waals surface area (Å²) in [5.41, 5.74) is 2.60. The number of amides is 1. The maximum Gasteiger partial charge on any atom is 0.227 e. The molecule has 1 saturated heterocycles. The summed E-state index contributed by atoms with van der Waals surface area (Å²) >= 11 is 0. The van der Waals surface area contributed by atoms with Gasteiger partial charge in [-0.2, -0.15) is 0 Å². The van der Waals surface area contributed by atoms with E-state index in [0.717, 1.165) is 82.0 Å². The Morgan fingerprint density at radius 2 is 1.53 bits per heavy atom. The Balaban J connectivity index is 1.50. The molecule has 2 aromatic rings. The van der Waals surface area contributed by atoms with Gasteiger partial charge in [0.15, 0.2) is 0 Å². The third-order valence-corrected chi connectivity index (χ3v) is 8.05. The number of carbonyl (C=O) groups is 1. The van der Waals surface area contributed by atoms with E-state index in [1.165, 1.54) is 18.4 Å². The van der Waals surface area contributed by atoms with Gasteiger partial charge in [0.05, 0.1) is 18.4 Å². The summed E-state index contributed by atoms with van der Waals surface area (Å²) in [7, 11) is 1.71. The van der Waals surface area contributed by atoms with Crippen LogP contribution >= 0.6 is 0 Å². The molecule has 2 aromatic carbocycles. The predicted molar refractivity (Wildman–Crippen MR) is 156 cm³/mol. The van der Waals surface area contributed by atoms with E-state index >= 15 is 0 Å². The minimum atomic E-state index is -0.725. The van der Waals surface area contributed by atoms with Crippen LogP contribution in [0.2, 0.25) is 0 Å². The van der Waals surface area contributed by atoms with Crippen molar-refractivity contribution in [1.82, 2.24) is 4.90 Å². The molecule has 0 aliphatic carbocycles. The fraction of sp³-hybridized carbons (Fsp3) is 0.594. The maximum atomic E-state index is 13.3. The molecule has 0 saturated carbocycles. The second-order valence-corrected chi connectivity index (χ2v) is 11.6. The average molecular weight is 522 g/mol. The third-order valence-electron chi connectivity index (χ3n) is 8.05. The Hall–Kier alpha value is -2.57. The lowest BCUT2D eigenvalue weighted by atomic mass is 9.90. The molecule has 1 N–H and O–H groups in total. The van der Waals surface area contributed by atoms with E-state index in [1.807, 2.05) is 29.2 Å². The summed E-state index contributed by atoms with van der Waals surface area (Å²) in [5, 5.41) is 11.7. The molecule has 2 aliphatic rings. The lowest BCUT2D eigenvalue weighted by molar-refractivity contribution is -0.119. The smallest absolute Gasteiger partial charge is 0.227 e. The molecule has 0 radical (unpaired) electrons. The topological polar surface area (TPSA) is 56.3 Å². The molecule has 0 spiro atoms. The first kappa shape index (κ1) is 28.4. The van der Waals surface area contributed by atoms with Crippen molar-refractivity contribution in [3.05, 3.63) is 54.1 Å². The van der Waals surface area contributed by atoms with E-state index in [0.29, 0.717) is 18.9 Å². The molecule has 0 aromatic heterocycles. The molecule has 0 bridgehead atoms. The second kappa shape index (κ2) is 13.5. The van der Waals surface area contributed by atoms with Gasteiger partial charge in [0.25, 0.3) is 0 Å². The molecule has 4 rings (SSSR count). The summed E-state index contributed by atoms with van der Waals surface area (Å²) in [4.78, 5) is 20.1. The Labute approximate surface area is 229 Å². The van der Waals surface area contributed by atoms with Gasteiger partial charge in [0, 0.05) is 44.8 Å². The van der Waals surface area contributed by atoms with Crippen LogP contribution in [-0.4, -0.2) is 61.3 Å². The number of methoxy groups -OCH3 is 1. The number of β-amino-alcohol motifs (C(OH)–C–C–N with tert-alkyl or cyclic N) is 1. The van der Waals surface area contributed by atoms with Gasteiger partial charge in [-0.1, -0.05) is 63.4 Å². The van der Waals surface area contributed by atoms with E-state index in [1.54, 1.807) is 7.11 Å². The minimum absolute atomic E-state index is 0.221. The lowest BCUT2D eigenvalue weighted by Crippen LogP contribution is -2.51. The van der Waals surface area contributed by atoms with Crippen molar-refractivity contribution in [3.63, 3.8) is 0 Å². The molecule has 6 nitrogen and oxygen atoms in total. The number of fused-ring (bicyclic) bond motifs is 1. The molecule has 1 fully saturated rings. The number of piperidine rings is 1. The van der Waals surface area contributed by atoms with Gasteiger partial charge in [-0.3, -0.25) is 9.69 Å².